The summed E-state index contributed by atoms with van der Waals surface area (Å²) in [4.78, 5) is 67.8. The first kappa shape index (κ1) is 30.6. The van der Waals surface area contributed by atoms with E-state index < -0.39 is 46.0 Å². The van der Waals surface area contributed by atoms with Gasteiger partial charge in [0.05, 0.1) is 6.04 Å². The summed E-state index contributed by atoms with van der Waals surface area (Å²) < 4.78 is -1.16. The highest BCUT2D eigenvalue weighted by molar-refractivity contribution is 6.51. The largest absolute Gasteiger partial charge is 0.363 e. The summed E-state index contributed by atoms with van der Waals surface area (Å²) in [6.07, 6.45) is 13.7. The van der Waals surface area contributed by atoms with Crippen molar-refractivity contribution in [3.05, 3.63) is 0 Å². The summed E-state index contributed by atoms with van der Waals surface area (Å²) >= 11 is 13.1. The van der Waals surface area contributed by atoms with Crippen molar-refractivity contribution in [3.8, 4) is 0 Å². The second-order valence-corrected chi connectivity index (χ2v) is 16.8. The Bertz CT molecular complexity index is 1200. The van der Waals surface area contributed by atoms with Crippen molar-refractivity contribution in [2.24, 2.45) is 47.2 Å². The zero-order chi connectivity index (χ0) is 31.0. The Kier molecular flexibility index (Phi) is 7.87. The molecule has 4 bridgehead atoms. The van der Waals surface area contributed by atoms with Gasteiger partial charge in [-0.3, -0.25) is 19.2 Å². The summed E-state index contributed by atoms with van der Waals surface area (Å²) in [5, 5.41) is 9.19. The van der Waals surface area contributed by atoms with E-state index in [0.717, 1.165) is 64.2 Å². The number of Topliss-reactive ketones (excluding diaryl/α,β-unsaturated/α-hetero) is 1. The highest BCUT2D eigenvalue weighted by Gasteiger charge is 2.74. The summed E-state index contributed by atoms with van der Waals surface area (Å²) in [5.41, 5.74) is 5.10. The number of rotatable bonds is 10. The highest BCUT2D eigenvalue weighted by atomic mass is 35.5. The predicted octanol–water partition coefficient (Wildman–Crippen LogP) is 3.17. The van der Waals surface area contributed by atoms with E-state index in [9.17, 15) is 24.0 Å². The lowest BCUT2D eigenvalue weighted by atomic mass is 9.53. The Morgan fingerprint density at radius 2 is 1.48 bits per heavy atom. The number of likely N-dealkylation sites (tertiary alicyclic amines) is 1. The number of urea groups is 1. The molecule has 5 atom stereocenters. The van der Waals surface area contributed by atoms with Gasteiger partial charge >= 0.3 is 6.03 Å². The van der Waals surface area contributed by atoms with Crippen LogP contribution < -0.4 is 21.7 Å². The molecule has 44 heavy (non-hydrogen) atoms. The van der Waals surface area contributed by atoms with Gasteiger partial charge in [-0.1, -0.05) is 32.1 Å². The van der Waals surface area contributed by atoms with Crippen LogP contribution in [0.4, 0.5) is 4.79 Å². The maximum atomic E-state index is 14.4. The Morgan fingerprint density at radius 3 is 2.05 bits per heavy atom. The second-order valence-electron chi connectivity index (χ2n) is 15.4. The minimum absolute atomic E-state index is 0.0465. The van der Waals surface area contributed by atoms with Crippen LogP contribution in [0.15, 0.2) is 0 Å². The number of nitrogens with one attached hydrogen (secondary N) is 3. The fourth-order valence-corrected chi connectivity index (χ4v) is 11.0. The maximum Gasteiger partial charge on any atom is 0.315 e. The third kappa shape index (κ3) is 5.71. The molecule has 8 aliphatic rings. The molecule has 1 aliphatic heterocycles. The summed E-state index contributed by atoms with van der Waals surface area (Å²) in [7, 11) is 0. The fourth-order valence-electron chi connectivity index (χ4n) is 10.2. The average molecular weight is 651 g/mol. The van der Waals surface area contributed by atoms with Gasteiger partial charge in [0.2, 0.25) is 17.6 Å². The molecule has 5 amide bonds. The van der Waals surface area contributed by atoms with Crippen LogP contribution in [-0.4, -0.2) is 69.0 Å². The third-order valence-corrected chi connectivity index (χ3v) is 13.2. The molecule has 7 aliphatic carbocycles. The molecule has 5 unspecified atom stereocenters. The van der Waals surface area contributed by atoms with Gasteiger partial charge in [-0.25, -0.2) is 4.79 Å². The molecule has 242 valence electrons. The van der Waals surface area contributed by atoms with Crippen LogP contribution in [0.5, 0.6) is 0 Å². The number of primary amides is 1. The van der Waals surface area contributed by atoms with Crippen LogP contribution >= 0.6 is 23.2 Å². The van der Waals surface area contributed by atoms with Crippen molar-refractivity contribution >= 4 is 52.7 Å². The first-order valence-corrected chi connectivity index (χ1v) is 17.6. The number of nitrogens with two attached hydrogens (primary N) is 1. The maximum absolute atomic E-state index is 14.4. The fraction of sp³-hybridized carbons (Fsp3) is 0.844. The van der Waals surface area contributed by atoms with Gasteiger partial charge in [0, 0.05) is 23.9 Å². The molecule has 1 saturated heterocycles. The summed E-state index contributed by atoms with van der Waals surface area (Å²) in [6.45, 7) is 0.188. The molecule has 0 aromatic heterocycles. The first-order chi connectivity index (χ1) is 20.9. The van der Waals surface area contributed by atoms with Crippen molar-refractivity contribution < 1.29 is 24.0 Å². The van der Waals surface area contributed by atoms with E-state index in [4.69, 9.17) is 28.9 Å². The monoisotopic (exact) mass is 649 g/mol. The molecule has 8 rings (SSSR count). The topological polar surface area (TPSA) is 151 Å². The van der Waals surface area contributed by atoms with Crippen molar-refractivity contribution in [1.82, 2.24) is 20.9 Å². The Hall–Kier alpha value is -2.07. The number of piperidine rings is 1. The lowest BCUT2D eigenvalue weighted by Gasteiger charge is -2.56. The van der Waals surface area contributed by atoms with Crippen molar-refractivity contribution in [3.63, 3.8) is 0 Å². The summed E-state index contributed by atoms with van der Waals surface area (Å²) in [5.74, 6) is -1.42. The van der Waals surface area contributed by atoms with E-state index in [2.05, 4.69) is 16.0 Å². The number of nitrogens with zero attached hydrogens (tertiary/aromatic N) is 1. The van der Waals surface area contributed by atoms with E-state index in [1.807, 2.05) is 0 Å². The molecular weight excluding hydrogens is 605 g/mol. The van der Waals surface area contributed by atoms with Crippen LogP contribution in [-0.2, 0) is 19.2 Å². The molecule has 12 heteroatoms. The normalized spacial score (nSPS) is 37.9. The van der Waals surface area contributed by atoms with Gasteiger partial charge in [-0.2, -0.15) is 0 Å². The molecule has 8 fully saturated rings. The quantitative estimate of drug-likeness (QED) is 0.212. The van der Waals surface area contributed by atoms with E-state index in [1.165, 1.54) is 24.2 Å². The number of carbonyl (C=O) groups is 5. The lowest BCUT2D eigenvalue weighted by Crippen LogP contribution is -2.64. The summed E-state index contributed by atoms with van der Waals surface area (Å²) in [6, 6.07) is -3.15. The van der Waals surface area contributed by atoms with Crippen LogP contribution in [0, 0.1) is 41.4 Å². The van der Waals surface area contributed by atoms with E-state index >= 15 is 0 Å². The van der Waals surface area contributed by atoms with Crippen LogP contribution in [0.25, 0.3) is 0 Å². The molecule has 10 nitrogen and oxygen atoms in total. The standard InChI is InChI=1S/C32H45Cl2N5O5/c33-32(34)21-15-39(25(23(21)32)28(42)36-22(11-16-6-7-16)26(40)27(35)41)29(43)24(20-4-2-1-3-5-20)37-30(44)38-31-12-17-8-18(13-31)10-19(9-17)14-31/h16-25H,1-15H2,(H2,35,41)(H,36,42)(H2,37,38,44). The van der Waals surface area contributed by atoms with Gasteiger partial charge < -0.3 is 26.6 Å². The van der Waals surface area contributed by atoms with E-state index in [1.54, 1.807) is 0 Å². The Labute approximate surface area is 268 Å². The Morgan fingerprint density at radius 1 is 0.864 bits per heavy atom. The third-order valence-electron chi connectivity index (χ3n) is 12.1. The molecule has 0 aromatic rings. The minimum Gasteiger partial charge on any atom is -0.363 e. The second kappa shape index (κ2) is 11.3. The van der Waals surface area contributed by atoms with Crippen molar-refractivity contribution in [2.75, 3.05) is 6.54 Å². The number of ketones is 1. The highest BCUT2D eigenvalue weighted by Crippen LogP contribution is 2.65. The SMILES string of the molecule is NC(=O)C(=O)C(CC1CC1)NC(=O)C1C2C(CN1C(=O)C(NC(=O)NC13CC4CC(CC(C4)C1)C3)C1CCCCC1)C2(Cl)Cl. The number of amides is 5. The van der Waals surface area contributed by atoms with Crippen molar-refractivity contribution in [1.29, 1.82) is 0 Å². The number of hydrogen-bond acceptors (Lipinski definition) is 5. The first-order valence-electron chi connectivity index (χ1n) is 16.8. The van der Waals surface area contributed by atoms with Gasteiger partial charge in [0.15, 0.2) is 0 Å². The zero-order valence-electron chi connectivity index (χ0n) is 25.2. The van der Waals surface area contributed by atoms with Crippen LogP contribution in [0.1, 0.15) is 89.9 Å². The number of hydrogen-bond donors (Lipinski definition) is 4. The van der Waals surface area contributed by atoms with Gasteiger partial charge in [0.25, 0.3) is 5.91 Å². The van der Waals surface area contributed by atoms with E-state index in [-0.39, 0.29) is 41.8 Å². The molecule has 1 heterocycles. The van der Waals surface area contributed by atoms with Crippen LogP contribution in [0.3, 0.4) is 0 Å². The van der Waals surface area contributed by atoms with E-state index in [0.29, 0.717) is 24.2 Å². The molecule has 7 saturated carbocycles. The van der Waals surface area contributed by atoms with Gasteiger partial charge in [-0.15, -0.1) is 23.2 Å². The van der Waals surface area contributed by atoms with Crippen molar-refractivity contribution in [2.45, 2.75) is 118 Å². The number of alkyl halides is 2. The predicted molar refractivity (Wildman–Crippen MR) is 163 cm³/mol. The van der Waals surface area contributed by atoms with Gasteiger partial charge in [-0.05, 0) is 87.4 Å². The van der Waals surface area contributed by atoms with Gasteiger partial charge in [0.1, 0.15) is 16.4 Å². The number of fused-ring (bicyclic) bond motifs is 1. The smallest absolute Gasteiger partial charge is 0.315 e. The number of halogens is 2. The zero-order valence-corrected chi connectivity index (χ0v) is 26.7. The molecule has 5 N–H and O–H groups in total. The minimum atomic E-state index is -1.16. The Balaban J connectivity index is 1.09. The molecular formula is C32H45Cl2N5O5. The average Bonchev–Trinajstić information content (AvgIpc) is 3.81. The van der Waals surface area contributed by atoms with Crippen LogP contribution in [0.2, 0.25) is 0 Å². The molecule has 0 aromatic carbocycles. The lowest BCUT2D eigenvalue weighted by molar-refractivity contribution is -0.144. The molecule has 0 radical (unpaired) electrons. The molecule has 0 spiro atoms. The number of carbonyl (C=O) groups excluding carboxylic acids is 5.